The Morgan fingerprint density at radius 1 is 1.15 bits per heavy atom. The number of rotatable bonds is 3. The standard InChI is InChI=1S/C17H32N2O/c1-4-7-17(9-5-11-18-14-17)15(20)19-12-6-8-16(2,3)10-13-19/h18H,4-14H2,1-3H3. The van der Waals surface area contributed by atoms with Crippen molar-refractivity contribution in [2.24, 2.45) is 10.8 Å². The Labute approximate surface area is 124 Å². The Balaban J connectivity index is 2.07. The Kier molecular flexibility index (Phi) is 5.11. The monoisotopic (exact) mass is 280 g/mol. The van der Waals surface area contributed by atoms with Gasteiger partial charge >= 0.3 is 0 Å². The minimum absolute atomic E-state index is 0.110. The van der Waals surface area contributed by atoms with Gasteiger partial charge in [-0.05, 0) is 50.5 Å². The largest absolute Gasteiger partial charge is 0.342 e. The first kappa shape index (κ1) is 15.8. The molecule has 20 heavy (non-hydrogen) atoms. The smallest absolute Gasteiger partial charge is 0.230 e. The van der Waals surface area contributed by atoms with Gasteiger partial charge in [-0.3, -0.25) is 4.79 Å². The fourth-order valence-corrected chi connectivity index (χ4v) is 3.91. The van der Waals surface area contributed by atoms with Crippen LogP contribution >= 0.6 is 0 Å². The summed E-state index contributed by atoms with van der Waals surface area (Å²) in [6.45, 7) is 10.8. The SMILES string of the molecule is CCCC1(C(=O)N2CCCC(C)(C)CC2)CCCNC1. The van der Waals surface area contributed by atoms with Crippen molar-refractivity contribution in [3.63, 3.8) is 0 Å². The Morgan fingerprint density at radius 2 is 1.95 bits per heavy atom. The van der Waals surface area contributed by atoms with Gasteiger partial charge in [0.25, 0.3) is 0 Å². The minimum atomic E-state index is -0.110. The molecule has 0 bridgehead atoms. The van der Waals surface area contributed by atoms with Crippen LogP contribution in [0.5, 0.6) is 0 Å². The highest BCUT2D eigenvalue weighted by Crippen LogP contribution is 2.36. The van der Waals surface area contributed by atoms with Crippen molar-refractivity contribution in [3.05, 3.63) is 0 Å². The van der Waals surface area contributed by atoms with Gasteiger partial charge < -0.3 is 10.2 Å². The average molecular weight is 280 g/mol. The van der Waals surface area contributed by atoms with E-state index in [0.717, 1.165) is 64.7 Å². The molecule has 2 aliphatic heterocycles. The second-order valence-corrected chi connectivity index (χ2v) is 7.62. The predicted octanol–water partition coefficient (Wildman–Crippen LogP) is 3.20. The number of nitrogens with zero attached hydrogens (tertiary/aromatic N) is 1. The maximum atomic E-state index is 13.1. The maximum Gasteiger partial charge on any atom is 0.230 e. The fourth-order valence-electron chi connectivity index (χ4n) is 3.91. The molecule has 1 unspecified atom stereocenters. The number of nitrogens with one attached hydrogen (secondary N) is 1. The molecule has 3 nitrogen and oxygen atoms in total. The number of carbonyl (C=O) groups excluding carboxylic acids is 1. The van der Waals surface area contributed by atoms with E-state index in [-0.39, 0.29) is 5.41 Å². The summed E-state index contributed by atoms with van der Waals surface area (Å²) in [4.78, 5) is 15.3. The van der Waals surface area contributed by atoms with Crippen molar-refractivity contribution < 1.29 is 4.79 Å². The first-order chi connectivity index (χ1) is 9.49. The van der Waals surface area contributed by atoms with E-state index in [0.29, 0.717) is 11.3 Å². The summed E-state index contributed by atoms with van der Waals surface area (Å²) in [6.07, 6.45) is 7.92. The van der Waals surface area contributed by atoms with E-state index in [1.165, 1.54) is 6.42 Å². The van der Waals surface area contributed by atoms with Gasteiger partial charge in [-0.2, -0.15) is 0 Å². The summed E-state index contributed by atoms with van der Waals surface area (Å²) in [5.74, 6) is 0.434. The van der Waals surface area contributed by atoms with E-state index >= 15 is 0 Å². The van der Waals surface area contributed by atoms with Crippen LogP contribution in [0.15, 0.2) is 0 Å². The number of hydrogen-bond acceptors (Lipinski definition) is 2. The predicted molar refractivity (Wildman–Crippen MR) is 83.7 cm³/mol. The second kappa shape index (κ2) is 6.46. The topological polar surface area (TPSA) is 32.3 Å². The Bertz CT molecular complexity index is 326. The van der Waals surface area contributed by atoms with Gasteiger partial charge in [-0.15, -0.1) is 0 Å². The van der Waals surface area contributed by atoms with Gasteiger partial charge in [-0.25, -0.2) is 0 Å². The highest BCUT2D eigenvalue weighted by molar-refractivity contribution is 5.83. The number of hydrogen-bond donors (Lipinski definition) is 1. The average Bonchev–Trinajstić information content (AvgIpc) is 2.60. The Morgan fingerprint density at radius 3 is 2.60 bits per heavy atom. The quantitative estimate of drug-likeness (QED) is 0.861. The van der Waals surface area contributed by atoms with Crippen molar-refractivity contribution >= 4 is 5.91 Å². The second-order valence-electron chi connectivity index (χ2n) is 7.62. The van der Waals surface area contributed by atoms with Gasteiger partial charge in [0.05, 0.1) is 5.41 Å². The van der Waals surface area contributed by atoms with Crippen LogP contribution in [0.2, 0.25) is 0 Å². The molecule has 0 aromatic carbocycles. The van der Waals surface area contributed by atoms with E-state index < -0.39 is 0 Å². The Hall–Kier alpha value is -0.570. The number of carbonyl (C=O) groups is 1. The molecule has 0 spiro atoms. The van der Waals surface area contributed by atoms with Gasteiger partial charge in [0, 0.05) is 19.6 Å². The molecule has 1 amide bonds. The first-order valence-corrected chi connectivity index (χ1v) is 8.49. The lowest BCUT2D eigenvalue weighted by atomic mass is 9.75. The molecule has 0 aromatic rings. The molecule has 0 saturated carbocycles. The van der Waals surface area contributed by atoms with Crippen LogP contribution in [0, 0.1) is 10.8 Å². The van der Waals surface area contributed by atoms with E-state index in [1.54, 1.807) is 0 Å². The lowest BCUT2D eigenvalue weighted by Crippen LogP contribution is -2.52. The molecule has 2 heterocycles. The molecule has 2 rings (SSSR count). The van der Waals surface area contributed by atoms with Gasteiger partial charge in [0.1, 0.15) is 0 Å². The molecule has 0 radical (unpaired) electrons. The summed E-state index contributed by atoms with van der Waals surface area (Å²) in [7, 11) is 0. The van der Waals surface area contributed by atoms with Gasteiger partial charge in [0.2, 0.25) is 5.91 Å². The number of amides is 1. The van der Waals surface area contributed by atoms with Crippen molar-refractivity contribution in [1.82, 2.24) is 10.2 Å². The van der Waals surface area contributed by atoms with Crippen LogP contribution in [0.1, 0.15) is 65.7 Å². The highest BCUT2D eigenvalue weighted by atomic mass is 16.2. The summed E-state index contributed by atoms with van der Waals surface area (Å²) >= 11 is 0. The molecule has 1 N–H and O–H groups in total. The lowest BCUT2D eigenvalue weighted by Gasteiger charge is -2.40. The zero-order chi connectivity index (χ0) is 14.6. The molecule has 0 aliphatic carbocycles. The third-order valence-corrected chi connectivity index (χ3v) is 5.28. The van der Waals surface area contributed by atoms with Crippen molar-refractivity contribution in [3.8, 4) is 0 Å². The molecule has 3 heteroatoms. The molecule has 2 saturated heterocycles. The third-order valence-electron chi connectivity index (χ3n) is 5.28. The molecule has 2 fully saturated rings. The normalized spacial score (nSPS) is 30.9. The van der Waals surface area contributed by atoms with Gasteiger partial charge in [0.15, 0.2) is 0 Å². The fraction of sp³-hybridized carbons (Fsp3) is 0.941. The summed E-state index contributed by atoms with van der Waals surface area (Å²) in [5.41, 5.74) is 0.291. The molecule has 1 atom stereocenters. The molecular formula is C17H32N2O. The van der Waals surface area contributed by atoms with Crippen molar-refractivity contribution in [2.75, 3.05) is 26.2 Å². The van der Waals surface area contributed by atoms with E-state index in [2.05, 4.69) is 31.0 Å². The minimum Gasteiger partial charge on any atom is -0.342 e. The van der Waals surface area contributed by atoms with E-state index in [4.69, 9.17) is 0 Å². The number of piperidine rings is 1. The number of likely N-dealkylation sites (tertiary alicyclic amines) is 1. The van der Waals surface area contributed by atoms with Gasteiger partial charge in [-0.1, -0.05) is 27.2 Å². The van der Waals surface area contributed by atoms with Crippen LogP contribution in [-0.2, 0) is 4.79 Å². The van der Waals surface area contributed by atoms with E-state index in [9.17, 15) is 4.79 Å². The maximum absolute atomic E-state index is 13.1. The summed E-state index contributed by atoms with van der Waals surface area (Å²) in [5, 5.41) is 3.46. The van der Waals surface area contributed by atoms with E-state index in [1.807, 2.05) is 0 Å². The van der Waals surface area contributed by atoms with Crippen LogP contribution in [-0.4, -0.2) is 37.0 Å². The van der Waals surface area contributed by atoms with Crippen molar-refractivity contribution in [1.29, 1.82) is 0 Å². The molecule has 0 aromatic heterocycles. The summed E-state index contributed by atoms with van der Waals surface area (Å²) < 4.78 is 0. The van der Waals surface area contributed by atoms with Crippen LogP contribution in [0.4, 0.5) is 0 Å². The summed E-state index contributed by atoms with van der Waals surface area (Å²) in [6, 6.07) is 0. The molecule has 2 aliphatic rings. The lowest BCUT2D eigenvalue weighted by molar-refractivity contribution is -0.144. The van der Waals surface area contributed by atoms with Crippen LogP contribution < -0.4 is 5.32 Å². The van der Waals surface area contributed by atoms with Crippen LogP contribution in [0.3, 0.4) is 0 Å². The molecule has 116 valence electrons. The van der Waals surface area contributed by atoms with Crippen molar-refractivity contribution in [2.45, 2.75) is 65.7 Å². The zero-order valence-electron chi connectivity index (χ0n) is 13.6. The molecular weight excluding hydrogens is 248 g/mol. The first-order valence-electron chi connectivity index (χ1n) is 8.49. The highest BCUT2D eigenvalue weighted by Gasteiger charge is 2.41. The third kappa shape index (κ3) is 3.55. The van der Waals surface area contributed by atoms with Crippen LogP contribution in [0.25, 0.3) is 0 Å². The zero-order valence-corrected chi connectivity index (χ0v) is 13.6.